The Bertz CT molecular complexity index is 1300. The third kappa shape index (κ3) is 4.67. The van der Waals surface area contributed by atoms with E-state index >= 15 is 0 Å². The average Bonchev–Trinajstić information content (AvgIpc) is 3.24. The van der Waals surface area contributed by atoms with Gasteiger partial charge in [0.05, 0.1) is 31.4 Å². The SMILES string of the molecule is CC1=C2C(=Nc3cc(NC(=O)c4cccc(N5CCOCC5)c4)ccc3C)N=CNN2CC1C(=O)O. The maximum absolute atomic E-state index is 13.0. The first kappa shape index (κ1) is 23.6. The van der Waals surface area contributed by atoms with Gasteiger partial charge < -0.3 is 20.1 Å². The van der Waals surface area contributed by atoms with Crippen LogP contribution in [0.25, 0.3) is 0 Å². The molecule has 0 radical (unpaired) electrons. The van der Waals surface area contributed by atoms with Crippen molar-refractivity contribution in [2.45, 2.75) is 13.8 Å². The molecule has 1 unspecified atom stereocenters. The van der Waals surface area contributed by atoms with Crippen molar-refractivity contribution >= 4 is 41.1 Å². The number of nitrogens with zero attached hydrogens (tertiary/aromatic N) is 4. The zero-order chi connectivity index (χ0) is 25.2. The van der Waals surface area contributed by atoms with Gasteiger partial charge in [-0.15, -0.1) is 0 Å². The normalized spacial score (nSPS) is 20.4. The zero-order valence-electron chi connectivity index (χ0n) is 20.2. The molecule has 0 spiro atoms. The number of fused-ring (bicyclic) bond motifs is 1. The summed E-state index contributed by atoms with van der Waals surface area (Å²) in [6, 6.07) is 13.1. The number of carboxylic acid groups (broad SMARTS) is 1. The van der Waals surface area contributed by atoms with Crippen molar-refractivity contribution in [1.82, 2.24) is 10.4 Å². The summed E-state index contributed by atoms with van der Waals surface area (Å²) < 4.78 is 5.42. The minimum atomic E-state index is -0.880. The summed E-state index contributed by atoms with van der Waals surface area (Å²) in [5.41, 5.74) is 8.07. The van der Waals surface area contributed by atoms with E-state index in [0.717, 1.165) is 24.3 Å². The van der Waals surface area contributed by atoms with Gasteiger partial charge in [0, 0.05) is 30.0 Å². The molecule has 3 heterocycles. The van der Waals surface area contributed by atoms with Crippen LogP contribution in [0.15, 0.2) is 63.7 Å². The number of aryl methyl sites for hydroxylation is 1. The number of aliphatic imine (C=N–C) groups is 2. The van der Waals surface area contributed by atoms with Crippen LogP contribution in [0.5, 0.6) is 0 Å². The molecule has 3 aliphatic heterocycles. The summed E-state index contributed by atoms with van der Waals surface area (Å²) in [6.45, 7) is 6.97. The number of benzene rings is 2. The number of hydrazine groups is 1. The molecule has 1 saturated heterocycles. The highest BCUT2D eigenvalue weighted by Gasteiger charge is 2.37. The van der Waals surface area contributed by atoms with Crippen molar-refractivity contribution in [2.75, 3.05) is 43.1 Å². The van der Waals surface area contributed by atoms with E-state index in [2.05, 4.69) is 20.6 Å². The number of hydrogen-bond acceptors (Lipinski definition) is 7. The van der Waals surface area contributed by atoms with Crippen LogP contribution in [-0.4, -0.2) is 67.0 Å². The molecule has 2 aromatic rings. The number of amides is 1. The van der Waals surface area contributed by atoms with Gasteiger partial charge >= 0.3 is 5.97 Å². The second kappa shape index (κ2) is 9.82. The van der Waals surface area contributed by atoms with Crippen molar-refractivity contribution in [3.05, 3.63) is 64.9 Å². The molecule has 1 fully saturated rings. The second-order valence-corrected chi connectivity index (χ2v) is 8.96. The highest BCUT2D eigenvalue weighted by Crippen LogP contribution is 2.32. The zero-order valence-corrected chi connectivity index (χ0v) is 20.2. The van der Waals surface area contributed by atoms with Crippen LogP contribution in [0.4, 0.5) is 17.1 Å². The van der Waals surface area contributed by atoms with Crippen molar-refractivity contribution in [3.8, 4) is 0 Å². The van der Waals surface area contributed by atoms with Gasteiger partial charge in [-0.05, 0) is 55.3 Å². The number of carbonyl (C=O) groups excluding carboxylic acids is 1. The molecule has 10 nitrogen and oxygen atoms in total. The number of morpholine rings is 1. The number of carbonyl (C=O) groups is 2. The van der Waals surface area contributed by atoms with Crippen LogP contribution in [0, 0.1) is 12.8 Å². The highest BCUT2D eigenvalue weighted by molar-refractivity contribution is 6.07. The number of hydrogen-bond donors (Lipinski definition) is 3. The van der Waals surface area contributed by atoms with E-state index in [1.165, 1.54) is 6.34 Å². The molecule has 2 aromatic carbocycles. The molecule has 0 bridgehead atoms. The van der Waals surface area contributed by atoms with E-state index in [4.69, 9.17) is 9.73 Å². The molecule has 3 N–H and O–H groups in total. The minimum absolute atomic E-state index is 0.211. The van der Waals surface area contributed by atoms with Gasteiger partial charge in [0.2, 0.25) is 0 Å². The van der Waals surface area contributed by atoms with Crippen LogP contribution in [-0.2, 0) is 9.53 Å². The fourth-order valence-electron chi connectivity index (χ4n) is 4.56. The van der Waals surface area contributed by atoms with E-state index in [9.17, 15) is 14.7 Å². The first-order chi connectivity index (χ1) is 17.4. The fourth-order valence-corrected chi connectivity index (χ4v) is 4.56. The van der Waals surface area contributed by atoms with Crippen LogP contribution >= 0.6 is 0 Å². The smallest absolute Gasteiger partial charge is 0.312 e. The molecule has 1 amide bonds. The summed E-state index contributed by atoms with van der Waals surface area (Å²) in [4.78, 5) is 36.0. The van der Waals surface area contributed by atoms with Crippen molar-refractivity contribution in [2.24, 2.45) is 15.9 Å². The van der Waals surface area contributed by atoms with Gasteiger partial charge in [0.15, 0.2) is 5.84 Å². The molecule has 36 heavy (non-hydrogen) atoms. The predicted molar refractivity (Wildman–Crippen MR) is 138 cm³/mol. The third-order valence-corrected chi connectivity index (χ3v) is 6.62. The lowest BCUT2D eigenvalue weighted by atomic mass is 10.0. The topological polar surface area (TPSA) is 119 Å². The Labute approximate surface area is 209 Å². The Morgan fingerprint density at radius 3 is 2.75 bits per heavy atom. The van der Waals surface area contributed by atoms with Gasteiger partial charge in [-0.2, -0.15) is 0 Å². The molecule has 5 rings (SSSR count). The molecular formula is C26H28N6O4. The monoisotopic (exact) mass is 488 g/mol. The fraction of sp³-hybridized carbons (Fsp3) is 0.308. The van der Waals surface area contributed by atoms with Gasteiger partial charge in [-0.1, -0.05) is 12.1 Å². The summed E-state index contributed by atoms with van der Waals surface area (Å²) in [6.07, 6.45) is 1.50. The Balaban J connectivity index is 1.38. The van der Waals surface area contributed by atoms with Crippen molar-refractivity contribution in [3.63, 3.8) is 0 Å². The van der Waals surface area contributed by atoms with Crippen LogP contribution in [0.1, 0.15) is 22.8 Å². The summed E-state index contributed by atoms with van der Waals surface area (Å²) >= 11 is 0. The maximum Gasteiger partial charge on any atom is 0.312 e. The Hall–Kier alpha value is -4.18. The molecule has 1 atom stereocenters. The maximum atomic E-state index is 13.0. The first-order valence-electron chi connectivity index (χ1n) is 11.8. The Morgan fingerprint density at radius 1 is 1.17 bits per heavy atom. The van der Waals surface area contributed by atoms with Gasteiger partial charge in [0.1, 0.15) is 12.0 Å². The Kier molecular flexibility index (Phi) is 6.43. The number of nitrogens with one attached hydrogen (secondary N) is 2. The molecule has 0 saturated carbocycles. The van der Waals surface area contributed by atoms with Gasteiger partial charge in [0.25, 0.3) is 5.91 Å². The summed E-state index contributed by atoms with van der Waals surface area (Å²) in [7, 11) is 0. The van der Waals surface area contributed by atoms with E-state index in [1.54, 1.807) is 24.1 Å². The second-order valence-electron chi connectivity index (χ2n) is 8.96. The van der Waals surface area contributed by atoms with Crippen LogP contribution in [0.3, 0.4) is 0 Å². The first-order valence-corrected chi connectivity index (χ1v) is 11.8. The molecule has 186 valence electrons. The largest absolute Gasteiger partial charge is 0.481 e. The standard InChI is InChI=1S/C26H28N6O4/c1-16-6-7-19(29-25(33)18-4-3-5-20(12-18)31-8-10-36-11-9-31)13-22(16)30-24-23-17(2)21(26(34)35)14-32(23)28-15-27-24/h3-7,12-13,15,21H,8-11,14H2,1-2H3,(H,29,33)(H,34,35)(H,27,28,30). The highest BCUT2D eigenvalue weighted by atomic mass is 16.5. The van der Waals surface area contributed by atoms with Crippen molar-refractivity contribution in [1.29, 1.82) is 0 Å². The number of carboxylic acids is 1. The molecule has 10 heteroatoms. The van der Waals surface area contributed by atoms with Crippen LogP contribution < -0.4 is 15.6 Å². The minimum Gasteiger partial charge on any atom is -0.481 e. The van der Waals surface area contributed by atoms with E-state index in [0.29, 0.717) is 53.8 Å². The average molecular weight is 489 g/mol. The number of aliphatic carboxylic acids is 1. The number of rotatable bonds is 5. The molecule has 0 aliphatic carbocycles. The predicted octanol–water partition coefficient (Wildman–Crippen LogP) is 2.95. The Morgan fingerprint density at radius 2 is 1.97 bits per heavy atom. The quantitative estimate of drug-likeness (QED) is 0.592. The van der Waals surface area contributed by atoms with E-state index < -0.39 is 11.9 Å². The molecule has 0 aromatic heterocycles. The van der Waals surface area contributed by atoms with Crippen LogP contribution in [0.2, 0.25) is 0 Å². The van der Waals surface area contributed by atoms with Gasteiger partial charge in [-0.3, -0.25) is 20.0 Å². The molecule has 3 aliphatic rings. The van der Waals surface area contributed by atoms with Crippen molar-refractivity contribution < 1.29 is 19.4 Å². The lowest BCUT2D eigenvalue weighted by Gasteiger charge is -2.29. The summed E-state index contributed by atoms with van der Waals surface area (Å²) in [5, 5.41) is 14.3. The summed E-state index contributed by atoms with van der Waals surface area (Å²) in [5.74, 6) is -1.29. The third-order valence-electron chi connectivity index (χ3n) is 6.62. The number of anilines is 2. The number of ether oxygens (including phenoxy) is 1. The lowest BCUT2D eigenvalue weighted by Crippen LogP contribution is -2.41. The van der Waals surface area contributed by atoms with E-state index in [1.807, 2.05) is 37.3 Å². The number of amidine groups is 1. The molecular weight excluding hydrogens is 460 g/mol. The van der Waals surface area contributed by atoms with E-state index in [-0.39, 0.29) is 5.91 Å². The van der Waals surface area contributed by atoms with Gasteiger partial charge in [-0.25, -0.2) is 9.98 Å². The lowest BCUT2D eigenvalue weighted by molar-refractivity contribution is -0.140.